The number of nitrogens with zero attached hydrogens (tertiary/aromatic N) is 2. The smallest absolute Gasteiger partial charge is 0.273 e. The summed E-state index contributed by atoms with van der Waals surface area (Å²) in [5.41, 5.74) is 1.52. The molecule has 2 fully saturated rings. The first kappa shape index (κ1) is 15.1. The molecule has 0 radical (unpaired) electrons. The summed E-state index contributed by atoms with van der Waals surface area (Å²) in [6, 6.07) is 8.27. The van der Waals surface area contributed by atoms with E-state index in [2.05, 4.69) is 15.2 Å². The summed E-state index contributed by atoms with van der Waals surface area (Å²) < 4.78 is 0. The molecule has 1 aromatic carbocycles. The van der Waals surface area contributed by atoms with Crippen LogP contribution in [0.1, 0.15) is 29.8 Å². The van der Waals surface area contributed by atoms with Crippen LogP contribution in [0.25, 0.3) is 10.6 Å². The molecule has 2 aliphatic heterocycles. The fraction of sp³-hybridized carbons (Fsp3) is 0.412. The summed E-state index contributed by atoms with van der Waals surface area (Å²) in [7, 11) is 0. The first-order chi connectivity index (χ1) is 11.2. The van der Waals surface area contributed by atoms with E-state index >= 15 is 0 Å². The molecule has 4 rings (SSSR count). The molecule has 2 atom stereocenters. The Morgan fingerprint density at radius 3 is 3.04 bits per heavy atom. The predicted molar refractivity (Wildman–Crippen MR) is 93.0 cm³/mol. The number of carbonyl (C=O) groups is 1. The Morgan fingerprint density at radius 1 is 1.30 bits per heavy atom. The molecule has 0 aliphatic carbocycles. The van der Waals surface area contributed by atoms with Gasteiger partial charge in [-0.05, 0) is 37.9 Å². The van der Waals surface area contributed by atoms with Crippen LogP contribution in [0.15, 0.2) is 29.6 Å². The van der Waals surface area contributed by atoms with E-state index in [9.17, 15) is 4.79 Å². The zero-order chi connectivity index (χ0) is 15.8. The first-order valence-corrected chi connectivity index (χ1v) is 9.23. The van der Waals surface area contributed by atoms with Gasteiger partial charge in [-0.3, -0.25) is 4.79 Å². The van der Waals surface area contributed by atoms with E-state index in [4.69, 9.17) is 11.6 Å². The molecule has 23 heavy (non-hydrogen) atoms. The Morgan fingerprint density at radius 2 is 2.17 bits per heavy atom. The second kappa shape index (κ2) is 6.23. The SMILES string of the molecule is O=C(c1csc(-c2cccc(Cl)c2)n1)N1C2CCNCC1CC2. The minimum atomic E-state index is 0.0747. The fourth-order valence-electron chi connectivity index (χ4n) is 3.57. The summed E-state index contributed by atoms with van der Waals surface area (Å²) >= 11 is 7.54. The predicted octanol–water partition coefficient (Wildman–Crippen LogP) is 3.43. The maximum absolute atomic E-state index is 12.9. The molecule has 0 saturated carbocycles. The summed E-state index contributed by atoms with van der Waals surface area (Å²) in [5, 5.41) is 6.82. The number of hydrogen-bond acceptors (Lipinski definition) is 4. The number of fused-ring (bicyclic) bond motifs is 2. The number of benzene rings is 1. The van der Waals surface area contributed by atoms with E-state index in [0.717, 1.165) is 42.9 Å². The number of hydrogen-bond donors (Lipinski definition) is 1. The van der Waals surface area contributed by atoms with Crippen molar-refractivity contribution in [2.75, 3.05) is 13.1 Å². The standard InChI is InChI=1S/C17H18ClN3OS/c18-12-3-1-2-11(8-12)16-20-15(10-23-16)17(22)21-13-4-5-14(21)9-19-7-6-13/h1-3,8,10,13-14,19H,4-7,9H2. The van der Waals surface area contributed by atoms with Crippen LogP contribution in [0.2, 0.25) is 5.02 Å². The largest absolute Gasteiger partial charge is 0.330 e. The van der Waals surface area contributed by atoms with Crippen molar-refractivity contribution in [1.29, 1.82) is 0 Å². The van der Waals surface area contributed by atoms with E-state index < -0.39 is 0 Å². The maximum atomic E-state index is 12.9. The molecule has 1 amide bonds. The molecule has 3 heterocycles. The van der Waals surface area contributed by atoms with Gasteiger partial charge in [0.2, 0.25) is 0 Å². The van der Waals surface area contributed by atoms with Gasteiger partial charge in [0, 0.05) is 34.6 Å². The topological polar surface area (TPSA) is 45.2 Å². The van der Waals surface area contributed by atoms with Crippen LogP contribution in [-0.4, -0.2) is 41.0 Å². The van der Waals surface area contributed by atoms with Crippen LogP contribution in [0.5, 0.6) is 0 Å². The zero-order valence-corrected chi connectivity index (χ0v) is 14.2. The summed E-state index contributed by atoms with van der Waals surface area (Å²) in [6.45, 7) is 1.89. The van der Waals surface area contributed by atoms with E-state index in [1.807, 2.05) is 29.6 Å². The first-order valence-electron chi connectivity index (χ1n) is 7.97. The highest BCUT2D eigenvalue weighted by atomic mass is 35.5. The average molecular weight is 348 g/mol. The van der Waals surface area contributed by atoms with Gasteiger partial charge in [-0.2, -0.15) is 0 Å². The second-order valence-corrected chi connectivity index (χ2v) is 7.43. The molecular weight excluding hydrogens is 330 g/mol. The average Bonchev–Trinajstić information content (AvgIpc) is 3.11. The molecule has 1 aromatic heterocycles. The van der Waals surface area contributed by atoms with Crippen molar-refractivity contribution >= 4 is 28.8 Å². The highest BCUT2D eigenvalue weighted by Crippen LogP contribution is 2.31. The highest BCUT2D eigenvalue weighted by Gasteiger charge is 2.39. The second-order valence-electron chi connectivity index (χ2n) is 6.14. The third kappa shape index (κ3) is 2.89. The Labute approximate surface area is 144 Å². The van der Waals surface area contributed by atoms with Gasteiger partial charge < -0.3 is 10.2 Å². The quantitative estimate of drug-likeness (QED) is 0.905. The number of carbonyl (C=O) groups excluding carboxylic acids is 1. The summed E-state index contributed by atoms with van der Waals surface area (Å²) in [5.74, 6) is 0.0747. The molecule has 2 saturated heterocycles. The molecule has 6 heteroatoms. The van der Waals surface area contributed by atoms with Crippen molar-refractivity contribution in [3.8, 4) is 10.6 Å². The molecule has 2 unspecified atom stereocenters. The van der Waals surface area contributed by atoms with Crippen LogP contribution in [0.4, 0.5) is 0 Å². The molecule has 120 valence electrons. The van der Waals surface area contributed by atoms with Gasteiger partial charge >= 0.3 is 0 Å². The number of aromatic nitrogens is 1. The summed E-state index contributed by atoms with van der Waals surface area (Å²) in [6.07, 6.45) is 3.24. The lowest BCUT2D eigenvalue weighted by atomic mass is 10.1. The van der Waals surface area contributed by atoms with E-state index in [1.54, 1.807) is 0 Å². The van der Waals surface area contributed by atoms with E-state index in [0.29, 0.717) is 22.8 Å². The monoisotopic (exact) mass is 347 g/mol. The Hall–Kier alpha value is -1.43. The zero-order valence-electron chi connectivity index (χ0n) is 12.7. The van der Waals surface area contributed by atoms with Crippen LogP contribution in [0, 0.1) is 0 Å². The van der Waals surface area contributed by atoms with Gasteiger partial charge in [-0.25, -0.2) is 4.98 Å². The van der Waals surface area contributed by atoms with Crippen molar-refractivity contribution in [1.82, 2.24) is 15.2 Å². The van der Waals surface area contributed by atoms with Crippen molar-refractivity contribution in [2.45, 2.75) is 31.3 Å². The van der Waals surface area contributed by atoms with E-state index in [1.165, 1.54) is 11.3 Å². The lowest BCUT2D eigenvalue weighted by Gasteiger charge is -2.27. The van der Waals surface area contributed by atoms with E-state index in [-0.39, 0.29) is 5.91 Å². The molecule has 1 N–H and O–H groups in total. The van der Waals surface area contributed by atoms with Gasteiger partial charge in [-0.15, -0.1) is 11.3 Å². The van der Waals surface area contributed by atoms with Crippen LogP contribution in [-0.2, 0) is 0 Å². The molecular formula is C17H18ClN3OS. The summed E-state index contributed by atoms with van der Waals surface area (Å²) in [4.78, 5) is 19.6. The third-order valence-corrected chi connectivity index (χ3v) is 5.81. The molecule has 2 aromatic rings. The van der Waals surface area contributed by atoms with Gasteiger partial charge in [0.15, 0.2) is 0 Å². The van der Waals surface area contributed by atoms with Crippen LogP contribution in [0.3, 0.4) is 0 Å². The van der Waals surface area contributed by atoms with Crippen molar-refractivity contribution in [3.05, 3.63) is 40.4 Å². The Kier molecular flexibility index (Phi) is 4.09. The normalized spacial score (nSPS) is 23.8. The van der Waals surface area contributed by atoms with Gasteiger partial charge in [0.1, 0.15) is 10.7 Å². The van der Waals surface area contributed by atoms with Gasteiger partial charge in [0.25, 0.3) is 5.91 Å². The number of rotatable bonds is 2. The lowest BCUT2D eigenvalue weighted by molar-refractivity contribution is 0.0675. The van der Waals surface area contributed by atoms with Crippen molar-refractivity contribution < 1.29 is 4.79 Å². The van der Waals surface area contributed by atoms with Crippen LogP contribution >= 0.6 is 22.9 Å². The van der Waals surface area contributed by atoms with Gasteiger partial charge in [0.05, 0.1) is 0 Å². The number of halogens is 1. The molecule has 2 aliphatic rings. The number of nitrogens with one attached hydrogen (secondary N) is 1. The molecule has 4 nitrogen and oxygen atoms in total. The maximum Gasteiger partial charge on any atom is 0.273 e. The fourth-order valence-corrected chi connectivity index (χ4v) is 4.55. The Balaban J connectivity index is 1.60. The Bertz CT molecular complexity index is 718. The number of amides is 1. The lowest BCUT2D eigenvalue weighted by Crippen LogP contribution is -2.42. The highest BCUT2D eigenvalue weighted by molar-refractivity contribution is 7.13. The van der Waals surface area contributed by atoms with Crippen molar-refractivity contribution in [3.63, 3.8) is 0 Å². The van der Waals surface area contributed by atoms with Gasteiger partial charge in [-0.1, -0.05) is 23.7 Å². The molecule has 2 bridgehead atoms. The van der Waals surface area contributed by atoms with Crippen molar-refractivity contribution in [2.24, 2.45) is 0 Å². The number of thiazole rings is 1. The van der Waals surface area contributed by atoms with Crippen LogP contribution < -0.4 is 5.32 Å². The minimum absolute atomic E-state index is 0.0747. The minimum Gasteiger partial charge on any atom is -0.330 e. The molecule has 0 spiro atoms. The third-order valence-electron chi connectivity index (χ3n) is 4.68.